The Kier molecular flexibility index (Phi) is 3.33. The predicted octanol–water partition coefficient (Wildman–Crippen LogP) is 2.24. The van der Waals surface area contributed by atoms with Gasteiger partial charge in [-0.2, -0.15) is 5.10 Å². The summed E-state index contributed by atoms with van der Waals surface area (Å²) in [6.07, 6.45) is -0.318. The van der Waals surface area contributed by atoms with E-state index in [2.05, 4.69) is 64.6 Å². The minimum atomic E-state index is -1.26. The van der Waals surface area contributed by atoms with Crippen LogP contribution in [-0.2, 0) is 4.84 Å². The highest BCUT2D eigenvalue weighted by Crippen LogP contribution is 2.19. The number of nitrogens with zero attached hydrogens (tertiary/aromatic N) is 2. The van der Waals surface area contributed by atoms with Gasteiger partial charge in [-0.25, -0.2) is 0 Å². The Balaban J connectivity index is 1.74. The van der Waals surface area contributed by atoms with Gasteiger partial charge in [-0.05, 0) is 13.0 Å². The van der Waals surface area contributed by atoms with E-state index >= 15 is 0 Å². The molecule has 2 aromatic rings. The van der Waals surface area contributed by atoms with Gasteiger partial charge in [0.05, 0.1) is 8.07 Å². The maximum Gasteiger partial charge on any atom is 0.243 e. The van der Waals surface area contributed by atoms with Crippen molar-refractivity contribution < 1.29 is 4.84 Å². The third-order valence-corrected chi connectivity index (χ3v) is 5.60. The minimum Gasteiger partial charge on any atom is -0.362 e. The molecule has 1 aromatic heterocycles. The fourth-order valence-electron chi connectivity index (χ4n) is 2.25. The Hall–Kier alpha value is -2.08. The highest BCUT2D eigenvalue weighted by Gasteiger charge is 2.25. The number of aromatic amines is 1. The van der Waals surface area contributed by atoms with Gasteiger partial charge in [0, 0.05) is 11.3 Å². The van der Waals surface area contributed by atoms with Crippen molar-refractivity contribution in [3.8, 4) is 0 Å². The molecule has 3 rings (SSSR count). The first-order valence-corrected chi connectivity index (χ1v) is 10.6. The zero-order chi connectivity index (χ0) is 15.0. The molecule has 110 valence electrons. The summed E-state index contributed by atoms with van der Waals surface area (Å²) in [5.41, 5.74) is 2.85. The molecule has 2 N–H and O–H groups in total. The van der Waals surface area contributed by atoms with Crippen molar-refractivity contribution in [2.24, 2.45) is 5.16 Å². The van der Waals surface area contributed by atoms with E-state index in [1.165, 1.54) is 5.19 Å². The summed E-state index contributed by atoms with van der Waals surface area (Å²) < 4.78 is 0. The molecule has 1 atom stereocenters. The summed E-state index contributed by atoms with van der Waals surface area (Å²) in [5, 5.41) is 15.9. The van der Waals surface area contributed by atoms with Crippen LogP contribution in [0.1, 0.15) is 23.2 Å². The molecular weight excluding hydrogens is 280 g/mol. The van der Waals surface area contributed by atoms with Crippen molar-refractivity contribution in [3.63, 3.8) is 0 Å². The van der Waals surface area contributed by atoms with Gasteiger partial charge in [0.15, 0.2) is 5.84 Å². The normalized spacial score (nSPS) is 18.1. The van der Waals surface area contributed by atoms with Crippen LogP contribution >= 0.6 is 0 Å². The fraction of sp³-hybridized carbons (Fsp3) is 0.333. The minimum absolute atomic E-state index is 0.318. The van der Waals surface area contributed by atoms with Crippen LogP contribution in [0.2, 0.25) is 19.6 Å². The molecule has 6 heteroatoms. The number of nitrogens with one attached hydrogen (secondary N) is 2. The van der Waals surface area contributed by atoms with E-state index < -0.39 is 8.07 Å². The largest absolute Gasteiger partial charge is 0.362 e. The van der Waals surface area contributed by atoms with Gasteiger partial charge in [-0.3, -0.25) is 5.10 Å². The predicted molar refractivity (Wildman–Crippen MR) is 86.2 cm³/mol. The summed E-state index contributed by atoms with van der Waals surface area (Å²) in [6.45, 7) is 8.98. The number of hydrogen-bond acceptors (Lipinski definition) is 4. The van der Waals surface area contributed by atoms with Crippen LogP contribution in [0.25, 0.3) is 0 Å². The molecule has 0 saturated carbocycles. The van der Waals surface area contributed by atoms with Gasteiger partial charge >= 0.3 is 0 Å². The van der Waals surface area contributed by atoms with E-state index in [1.807, 2.05) is 13.0 Å². The quantitative estimate of drug-likeness (QED) is 0.855. The van der Waals surface area contributed by atoms with Gasteiger partial charge in [-0.15, -0.1) is 0 Å². The molecule has 0 aliphatic carbocycles. The molecule has 1 aliphatic heterocycles. The lowest BCUT2D eigenvalue weighted by Crippen LogP contribution is -2.37. The first-order chi connectivity index (χ1) is 9.93. The molecule has 0 amide bonds. The summed E-state index contributed by atoms with van der Waals surface area (Å²) in [7, 11) is -1.26. The summed E-state index contributed by atoms with van der Waals surface area (Å²) in [5.74, 6) is 0.753. The molecule has 1 unspecified atom stereocenters. The van der Waals surface area contributed by atoms with E-state index in [9.17, 15) is 0 Å². The molecule has 0 saturated heterocycles. The number of benzene rings is 1. The SMILES string of the molecule is Cc1cc(C2NC(c3ccc([Si](C)(C)C)cc3)=NO2)n[nH]1. The van der Waals surface area contributed by atoms with Crippen LogP contribution in [-0.4, -0.2) is 24.1 Å². The molecule has 0 fully saturated rings. The summed E-state index contributed by atoms with van der Waals surface area (Å²) >= 11 is 0. The van der Waals surface area contributed by atoms with Crippen LogP contribution in [0.3, 0.4) is 0 Å². The number of aryl methyl sites for hydroxylation is 1. The molecule has 1 aliphatic rings. The van der Waals surface area contributed by atoms with E-state index in [4.69, 9.17) is 4.84 Å². The van der Waals surface area contributed by atoms with Crippen LogP contribution in [0, 0.1) is 6.92 Å². The Bertz CT molecular complexity index is 670. The van der Waals surface area contributed by atoms with Crippen molar-refractivity contribution in [2.75, 3.05) is 0 Å². The van der Waals surface area contributed by atoms with E-state index in [0.29, 0.717) is 0 Å². The van der Waals surface area contributed by atoms with Gasteiger partial charge in [0.25, 0.3) is 0 Å². The average Bonchev–Trinajstić information content (AvgIpc) is 3.06. The van der Waals surface area contributed by atoms with Crippen molar-refractivity contribution in [1.29, 1.82) is 0 Å². The monoisotopic (exact) mass is 300 g/mol. The van der Waals surface area contributed by atoms with Gasteiger partial charge in [0.2, 0.25) is 6.23 Å². The second kappa shape index (κ2) is 5.03. The topological polar surface area (TPSA) is 62.3 Å². The standard InChI is InChI=1S/C15H20N4OSi/c1-10-9-13(18-17-10)15-16-14(19-20-15)11-5-7-12(8-6-11)21(2,3)4/h5-9,15H,1-4H3,(H,16,19)(H,17,18). The molecule has 0 radical (unpaired) electrons. The first kappa shape index (κ1) is 13.9. The summed E-state index contributed by atoms with van der Waals surface area (Å²) in [4.78, 5) is 5.42. The van der Waals surface area contributed by atoms with Crippen molar-refractivity contribution in [1.82, 2.24) is 15.5 Å². The third-order valence-electron chi connectivity index (χ3n) is 3.54. The van der Waals surface area contributed by atoms with Gasteiger partial charge in [0.1, 0.15) is 5.69 Å². The Labute approximate surface area is 125 Å². The lowest BCUT2D eigenvalue weighted by atomic mass is 10.2. The molecule has 2 heterocycles. The number of hydrogen-bond donors (Lipinski definition) is 2. The number of H-pyrrole nitrogens is 1. The average molecular weight is 300 g/mol. The smallest absolute Gasteiger partial charge is 0.243 e. The zero-order valence-electron chi connectivity index (χ0n) is 12.8. The first-order valence-electron chi connectivity index (χ1n) is 7.07. The van der Waals surface area contributed by atoms with Crippen LogP contribution in [0.15, 0.2) is 35.5 Å². The fourth-order valence-corrected chi connectivity index (χ4v) is 3.41. The molecular formula is C15H20N4OSi. The van der Waals surface area contributed by atoms with E-state index in [-0.39, 0.29) is 6.23 Å². The number of rotatable bonds is 3. The number of oxime groups is 1. The Morgan fingerprint density at radius 1 is 1.14 bits per heavy atom. The Morgan fingerprint density at radius 2 is 1.86 bits per heavy atom. The second-order valence-electron chi connectivity index (χ2n) is 6.37. The second-order valence-corrected chi connectivity index (χ2v) is 11.5. The zero-order valence-corrected chi connectivity index (χ0v) is 13.8. The third kappa shape index (κ3) is 2.85. The van der Waals surface area contributed by atoms with Crippen LogP contribution in [0.4, 0.5) is 0 Å². The maximum atomic E-state index is 5.42. The highest BCUT2D eigenvalue weighted by molar-refractivity contribution is 6.88. The van der Waals surface area contributed by atoms with Crippen molar-refractivity contribution >= 4 is 19.1 Å². The number of aromatic nitrogens is 2. The lowest BCUT2D eigenvalue weighted by Gasteiger charge is -2.16. The van der Waals surface area contributed by atoms with Crippen molar-refractivity contribution in [2.45, 2.75) is 32.8 Å². The van der Waals surface area contributed by atoms with Crippen LogP contribution < -0.4 is 10.5 Å². The van der Waals surface area contributed by atoms with E-state index in [1.54, 1.807) is 0 Å². The molecule has 0 bridgehead atoms. The van der Waals surface area contributed by atoms with Crippen molar-refractivity contribution in [3.05, 3.63) is 47.3 Å². The highest BCUT2D eigenvalue weighted by atomic mass is 28.3. The molecule has 0 spiro atoms. The summed E-state index contributed by atoms with van der Waals surface area (Å²) in [6, 6.07) is 10.5. The van der Waals surface area contributed by atoms with Crippen LogP contribution in [0.5, 0.6) is 0 Å². The lowest BCUT2D eigenvalue weighted by molar-refractivity contribution is 0.0697. The maximum absolute atomic E-state index is 5.42. The molecule has 1 aromatic carbocycles. The van der Waals surface area contributed by atoms with Gasteiger partial charge < -0.3 is 10.2 Å². The van der Waals surface area contributed by atoms with E-state index in [0.717, 1.165) is 22.8 Å². The molecule has 5 nitrogen and oxygen atoms in total. The Morgan fingerprint density at radius 3 is 2.43 bits per heavy atom. The van der Waals surface area contributed by atoms with Gasteiger partial charge in [-0.1, -0.05) is 54.2 Å². The number of amidine groups is 1. The molecule has 21 heavy (non-hydrogen) atoms.